The largest absolute Gasteiger partial charge is 0.480 e. The molecule has 0 aromatic heterocycles. The minimum Gasteiger partial charge on any atom is -0.480 e. The van der Waals surface area contributed by atoms with Crippen molar-refractivity contribution >= 4 is 12.0 Å². The maximum Gasteiger partial charge on any atom is 0.323 e. The summed E-state index contributed by atoms with van der Waals surface area (Å²) < 4.78 is 5.04. The third kappa shape index (κ3) is 3.29. The fourth-order valence-corrected chi connectivity index (χ4v) is 1.03. The first-order valence-corrected chi connectivity index (χ1v) is 4.02. The monoisotopic (exact) mass is 188 g/mol. The van der Waals surface area contributed by atoms with Crippen molar-refractivity contribution in [2.24, 2.45) is 0 Å². The number of carbonyl (C=O) groups excluding carboxylic acids is 1. The van der Waals surface area contributed by atoms with Crippen LogP contribution >= 0.6 is 0 Å². The molecule has 2 amide bonds. The molecule has 74 valence electrons. The normalized spacial score (nSPS) is 16.8. The number of hydrogen-bond donors (Lipinski definition) is 2. The Balaban J connectivity index is 2.25. The Morgan fingerprint density at radius 3 is 2.54 bits per heavy atom. The molecule has 0 saturated carbocycles. The van der Waals surface area contributed by atoms with Crippen molar-refractivity contribution in [1.82, 2.24) is 10.2 Å². The van der Waals surface area contributed by atoms with Crippen molar-refractivity contribution in [2.75, 3.05) is 32.8 Å². The predicted octanol–water partition coefficient (Wildman–Crippen LogP) is -0.887. The van der Waals surface area contributed by atoms with E-state index in [1.165, 1.54) is 4.90 Å². The van der Waals surface area contributed by atoms with Gasteiger partial charge in [-0.2, -0.15) is 0 Å². The van der Waals surface area contributed by atoms with Gasteiger partial charge in [-0.05, 0) is 0 Å². The van der Waals surface area contributed by atoms with Crippen LogP contribution < -0.4 is 5.32 Å². The van der Waals surface area contributed by atoms with Gasteiger partial charge in [-0.3, -0.25) is 4.79 Å². The van der Waals surface area contributed by atoms with E-state index in [0.717, 1.165) is 0 Å². The van der Waals surface area contributed by atoms with Gasteiger partial charge in [-0.25, -0.2) is 4.79 Å². The summed E-state index contributed by atoms with van der Waals surface area (Å²) in [5.74, 6) is -1.04. The Labute approximate surface area is 75.5 Å². The maximum atomic E-state index is 11.2. The molecule has 1 fully saturated rings. The first-order chi connectivity index (χ1) is 6.20. The maximum absolute atomic E-state index is 11.2. The zero-order valence-corrected chi connectivity index (χ0v) is 7.15. The zero-order chi connectivity index (χ0) is 9.68. The van der Waals surface area contributed by atoms with Crippen molar-refractivity contribution in [3.8, 4) is 0 Å². The highest BCUT2D eigenvalue weighted by atomic mass is 16.5. The van der Waals surface area contributed by atoms with Crippen LogP contribution in [0.15, 0.2) is 0 Å². The van der Waals surface area contributed by atoms with Crippen molar-refractivity contribution in [3.63, 3.8) is 0 Å². The summed E-state index contributed by atoms with van der Waals surface area (Å²) in [5.41, 5.74) is 0. The zero-order valence-electron chi connectivity index (χ0n) is 7.15. The SMILES string of the molecule is O=C(O)CNC(=O)N1CCOCC1. The molecule has 1 aliphatic rings. The van der Waals surface area contributed by atoms with Crippen LogP contribution in [-0.2, 0) is 9.53 Å². The molecule has 0 aliphatic carbocycles. The lowest BCUT2D eigenvalue weighted by atomic mass is 10.4. The lowest BCUT2D eigenvalue weighted by Gasteiger charge is -2.26. The topological polar surface area (TPSA) is 78.9 Å². The molecule has 6 heteroatoms. The van der Waals surface area contributed by atoms with Crippen LogP contribution in [0.1, 0.15) is 0 Å². The van der Waals surface area contributed by atoms with E-state index in [2.05, 4.69) is 5.32 Å². The molecule has 0 bridgehead atoms. The summed E-state index contributed by atoms with van der Waals surface area (Å²) in [4.78, 5) is 22.9. The number of ether oxygens (including phenoxy) is 1. The standard InChI is InChI=1S/C7H12N2O4/c10-6(11)5-8-7(12)9-1-3-13-4-2-9/h1-5H2,(H,8,12)(H,10,11). The Hall–Kier alpha value is -1.30. The van der Waals surface area contributed by atoms with Crippen molar-refractivity contribution in [1.29, 1.82) is 0 Å². The van der Waals surface area contributed by atoms with E-state index < -0.39 is 5.97 Å². The lowest BCUT2D eigenvalue weighted by Crippen LogP contribution is -2.47. The van der Waals surface area contributed by atoms with Gasteiger partial charge < -0.3 is 20.1 Å². The summed E-state index contributed by atoms with van der Waals surface area (Å²) in [6.45, 7) is 1.73. The van der Waals surface area contributed by atoms with E-state index >= 15 is 0 Å². The Kier molecular flexibility index (Phi) is 3.51. The number of carboxylic acids is 1. The number of nitrogens with one attached hydrogen (secondary N) is 1. The van der Waals surface area contributed by atoms with Gasteiger partial charge in [0.15, 0.2) is 0 Å². The van der Waals surface area contributed by atoms with Gasteiger partial charge in [0.05, 0.1) is 13.2 Å². The van der Waals surface area contributed by atoms with Crippen LogP contribution in [-0.4, -0.2) is 54.9 Å². The Morgan fingerprint density at radius 2 is 2.00 bits per heavy atom. The number of morpholine rings is 1. The fraction of sp³-hybridized carbons (Fsp3) is 0.714. The quantitative estimate of drug-likeness (QED) is 0.589. The van der Waals surface area contributed by atoms with Crippen molar-refractivity contribution in [3.05, 3.63) is 0 Å². The van der Waals surface area contributed by atoms with Gasteiger partial charge in [0.1, 0.15) is 6.54 Å². The summed E-state index contributed by atoms with van der Waals surface area (Å²) in [6.07, 6.45) is 0. The molecule has 0 radical (unpaired) electrons. The minimum atomic E-state index is -1.04. The highest BCUT2D eigenvalue weighted by Gasteiger charge is 2.16. The molecule has 1 heterocycles. The highest BCUT2D eigenvalue weighted by Crippen LogP contribution is 1.96. The number of amides is 2. The third-order valence-corrected chi connectivity index (χ3v) is 1.69. The summed E-state index contributed by atoms with van der Waals surface area (Å²) in [6, 6.07) is -0.342. The van der Waals surface area contributed by atoms with Crippen LogP contribution in [0.25, 0.3) is 0 Å². The lowest BCUT2D eigenvalue weighted by molar-refractivity contribution is -0.135. The third-order valence-electron chi connectivity index (χ3n) is 1.69. The molecule has 1 rings (SSSR count). The molecule has 1 aliphatic heterocycles. The molecular formula is C7H12N2O4. The molecule has 0 aromatic carbocycles. The molecule has 1 saturated heterocycles. The van der Waals surface area contributed by atoms with Crippen LogP contribution in [0.4, 0.5) is 4.79 Å². The molecule has 2 N–H and O–H groups in total. The van der Waals surface area contributed by atoms with Gasteiger partial charge in [-0.1, -0.05) is 0 Å². The first kappa shape index (κ1) is 9.79. The van der Waals surface area contributed by atoms with Crippen molar-refractivity contribution < 1.29 is 19.4 Å². The van der Waals surface area contributed by atoms with Crippen LogP contribution in [0.2, 0.25) is 0 Å². The molecule has 6 nitrogen and oxygen atoms in total. The number of nitrogens with zero attached hydrogens (tertiary/aromatic N) is 1. The summed E-state index contributed by atoms with van der Waals surface area (Å²) >= 11 is 0. The van der Waals surface area contributed by atoms with Crippen LogP contribution in [0.5, 0.6) is 0 Å². The average Bonchev–Trinajstić information content (AvgIpc) is 2.15. The van der Waals surface area contributed by atoms with E-state index in [0.29, 0.717) is 26.3 Å². The summed E-state index contributed by atoms with van der Waals surface area (Å²) in [7, 11) is 0. The number of hydrogen-bond acceptors (Lipinski definition) is 3. The first-order valence-electron chi connectivity index (χ1n) is 4.02. The average molecular weight is 188 g/mol. The van der Waals surface area contributed by atoms with Crippen LogP contribution in [0.3, 0.4) is 0 Å². The van der Waals surface area contributed by atoms with Gasteiger partial charge in [-0.15, -0.1) is 0 Å². The summed E-state index contributed by atoms with van der Waals surface area (Å²) in [5, 5.41) is 10.6. The second kappa shape index (κ2) is 4.66. The van der Waals surface area contributed by atoms with Crippen LogP contribution in [0, 0.1) is 0 Å². The Bertz CT molecular complexity index is 201. The number of carboxylic acid groups (broad SMARTS) is 1. The van der Waals surface area contributed by atoms with Gasteiger partial charge in [0.25, 0.3) is 0 Å². The molecular weight excluding hydrogens is 176 g/mol. The molecule has 0 spiro atoms. The molecule has 0 unspecified atom stereocenters. The molecule has 0 aromatic rings. The van der Waals surface area contributed by atoms with E-state index in [-0.39, 0.29) is 12.6 Å². The number of urea groups is 1. The Morgan fingerprint density at radius 1 is 1.38 bits per heavy atom. The number of rotatable bonds is 2. The van der Waals surface area contributed by atoms with Gasteiger partial charge in [0, 0.05) is 13.1 Å². The second-order valence-electron chi connectivity index (χ2n) is 2.65. The van der Waals surface area contributed by atoms with E-state index in [1.54, 1.807) is 0 Å². The van der Waals surface area contributed by atoms with Crippen molar-refractivity contribution in [2.45, 2.75) is 0 Å². The van der Waals surface area contributed by atoms with E-state index in [4.69, 9.17) is 9.84 Å². The second-order valence-corrected chi connectivity index (χ2v) is 2.65. The smallest absolute Gasteiger partial charge is 0.323 e. The highest BCUT2D eigenvalue weighted by molar-refractivity contribution is 5.79. The fourth-order valence-electron chi connectivity index (χ4n) is 1.03. The predicted molar refractivity (Wildman–Crippen MR) is 43.4 cm³/mol. The van der Waals surface area contributed by atoms with Gasteiger partial charge >= 0.3 is 12.0 Å². The minimum absolute atomic E-state index is 0.337. The number of carbonyl (C=O) groups is 2. The molecule has 0 atom stereocenters. The van der Waals surface area contributed by atoms with E-state index in [1.807, 2.05) is 0 Å². The number of aliphatic carboxylic acids is 1. The van der Waals surface area contributed by atoms with E-state index in [9.17, 15) is 9.59 Å². The van der Waals surface area contributed by atoms with Gasteiger partial charge in [0.2, 0.25) is 0 Å². The molecule has 13 heavy (non-hydrogen) atoms.